The number of nitrogens with zero attached hydrogens (tertiary/aromatic N) is 1. The zero-order valence-corrected chi connectivity index (χ0v) is 12.4. The Labute approximate surface area is 129 Å². The van der Waals surface area contributed by atoms with Crippen molar-refractivity contribution in [2.45, 2.75) is 31.7 Å². The van der Waals surface area contributed by atoms with Crippen LogP contribution in [-0.4, -0.2) is 41.7 Å². The number of carbonyl (C=O) groups is 1. The number of ether oxygens (including phenoxy) is 1. The van der Waals surface area contributed by atoms with Crippen molar-refractivity contribution in [1.82, 2.24) is 4.90 Å². The molecule has 4 nitrogen and oxygen atoms in total. The minimum absolute atomic E-state index is 0.0620. The molecule has 2 aliphatic heterocycles. The average molecular weight is 305 g/mol. The first kappa shape index (κ1) is 15.0. The second-order valence-electron chi connectivity index (χ2n) is 5.80. The van der Waals surface area contributed by atoms with Gasteiger partial charge in [0.2, 0.25) is 0 Å². The van der Waals surface area contributed by atoms with E-state index in [-0.39, 0.29) is 31.0 Å². The zero-order valence-electron chi connectivity index (χ0n) is 12.4. The Morgan fingerprint density at radius 3 is 3.09 bits per heavy atom. The molecule has 1 aromatic carbocycles. The molecular formula is C17H20FNO3. The molecule has 1 aromatic rings. The van der Waals surface area contributed by atoms with Gasteiger partial charge in [0.15, 0.2) is 0 Å². The smallest absolute Gasteiger partial charge is 0.253 e. The number of benzene rings is 1. The molecule has 3 rings (SSSR count). The highest BCUT2D eigenvalue weighted by atomic mass is 19.1. The summed E-state index contributed by atoms with van der Waals surface area (Å²) < 4.78 is 18.9. The lowest BCUT2D eigenvalue weighted by Gasteiger charge is -2.36. The third-order valence-electron chi connectivity index (χ3n) is 4.31. The molecule has 0 saturated carbocycles. The molecule has 1 fully saturated rings. The van der Waals surface area contributed by atoms with Gasteiger partial charge in [0, 0.05) is 24.8 Å². The second kappa shape index (κ2) is 6.48. The number of likely N-dealkylation sites (tertiary alicyclic amines) is 1. The Bertz CT molecular complexity index is 598. The summed E-state index contributed by atoms with van der Waals surface area (Å²) in [6.45, 7) is 0.995. The third kappa shape index (κ3) is 2.99. The highest BCUT2D eigenvalue weighted by Crippen LogP contribution is 2.29. The van der Waals surface area contributed by atoms with Crippen molar-refractivity contribution in [2.75, 3.05) is 19.8 Å². The molecule has 0 radical (unpaired) electrons. The molecule has 1 unspecified atom stereocenters. The van der Waals surface area contributed by atoms with Gasteiger partial charge in [-0.2, -0.15) is 0 Å². The number of halogens is 1. The lowest BCUT2D eigenvalue weighted by molar-refractivity contribution is -0.131. The summed E-state index contributed by atoms with van der Waals surface area (Å²) in [7, 11) is 0. The van der Waals surface area contributed by atoms with Gasteiger partial charge in [-0.1, -0.05) is 0 Å². The summed E-state index contributed by atoms with van der Waals surface area (Å²) in [5, 5.41) is 9.17. The predicted octanol–water partition coefficient (Wildman–Crippen LogP) is 2.37. The van der Waals surface area contributed by atoms with Crippen molar-refractivity contribution in [3.05, 3.63) is 35.2 Å². The van der Waals surface area contributed by atoms with Crippen molar-refractivity contribution >= 4 is 12.0 Å². The SMILES string of the molecule is O=C(C1=Cc2cc(F)ccc2OC1)N1CCCCC1CCO. The summed E-state index contributed by atoms with van der Waals surface area (Å²) in [5.41, 5.74) is 1.15. The number of hydrogen-bond acceptors (Lipinski definition) is 3. The molecule has 1 atom stereocenters. The van der Waals surface area contributed by atoms with E-state index < -0.39 is 0 Å². The zero-order chi connectivity index (χ0) is 15.5. The summed E-state index contributed by atoms with van der Waals surface area (Å²) in [6, 6.07) is 4.39. The van der Waals surface area contributed by atoms with Crippen molar-refractivity contribution in [1.29, 1.82) is 0 Å². The molecule has 1 N–H and O–H groups in total. The molecule has 22 heavy (non-hydrogen) atoms. The first-order valence-electron chi connectivity index (χ1n) is 7.74. The monoisotopic (exact) mass is 305 g/mol. The van der Waals surface area contributed by atoms with Crippen LogP contribution in [-0.2, 0) is 4.79 Å². The highest BCUT2D eigenvalue weighted by molar-refractivity contribution is 5.99. The predicted molar refractivity (Wildman–Crippen MR) is 80.9 cm³/mol. The van der Waals surface area contributed by atoms with Gasteiger partial charge < -0.3 is 14.7 Å². The van der Waals surface area contributed by atoms with Crippen LogP contribution in [0.2, 0.25) is 0 Å². The van der Waals surface area contributed by atoms with Gasteiger partial charge in [0.25, 0.3) is 5.91 Å². The maximum Gasteiger partial charge on any atom is 0.253 e. The maximum absolute atomic E-state index is 13.3. The number of carbonyl (C=O) groups excluding carboxylic acids is 1. The minimum atomic E-state index is -0.344. The third-order valence-corrected chi connectivity index (χ3v) is 4.31. The van der Waals surface area contributed by atoms with Crippen molar-refractivity contribution in [2.24, 2.45) is 0 Å². The molecule has 118 valence electrons. The molecule has 2 heterocycles. The van der Waals surface area contributed by atoms with Gasteiger partial charge in [-0.25, -0.2) is 4.39 Å². The van der Waals surface area contributed by atoms with E-state index in [1.54, 1.807) is 12.1 Å². The van der Waals surface area contributed by atoms with E-state index in [0.29, 0.717) is 29.9 Å². The van der Waals surface area contributed by atoms with E-state index in [1.807, 2.05) is 4.90 Å². The molecule has 2 aliphatic rings. The van der Waals surface area contributed by atoms with Crippen molar-refractivity contribution in [3.63, 3.8) is 0 Å². The number of rotatable bonds is 3. The lowest BCUT2D eigenvalue weighted by atomic mass is 9.97. The van der Waals surface area contributed by atoms with E-state index >= 15 is 0 Å². The number of fused-ring (bicyclic) bond motifs is 1. The van der Waals surface area contributed by atoms with E-state index in [1.165, 1.54) is 12.1 Å². The van der Waals surface area contributed by atoms with Gasteiger partial charge in [-0.05, 0) is 50.0 Å². The highest BCUT2D eigenvalue weighted by Gasteiger charge is 2.29. The molecule has 0 aliphatic carbocycles. The fraction of sp³-hybridized carbons (Fsp3) is 0.471. The van der Waals surface area contributed by atoms with Crippen molar-refractivity contribution < 1.29 is 19.0 Å². The Hall–Kier alpha value is -1.88. The summed E-state index contributed by atoms with van der Waals surface area (Å²) in [4.78, 5) is 14.6. The maximum atomic E-state index is 13.3. The van der Waals surface area contributed by atoms with Gasteiger partial charge in [0.1, 0.15) is 18.2 Å². The van der Waals surface area contributed by atoms with Crippen LogP contribution in [0.15, 0.2) is 23.8 Å². The first-order valence-corrected chi connectivity index (χ1v) is 7.74. The summed E-state index contributed by atoms with van der Waals surface area (Å²) in [5.74, 6) is 0.194. The quantitative estimate of drug-likeness (QED) is 0.932. The molecular weight excluding hydrogens is 285 g/mol. The van der Waals surface area contributed by atoms with Gasteiger partial charge in [0.05, 0.1) is 5.57 Å². The Balaban J connectivity index is 1.82. The Morgan fingerprint density at radius 2 is 2.27 bits per heavy atom. The summed E-state index contributed by atoms with van der Waals surface area (Å²) in [6.07, 6.45) is 5.30. The Kier molecular flexibility index (Phi) is 4.43. The number of hydrogen-bond donors (Lipinski definition) is 1. The normalized spacial score (nSPS) is 20.9. The van der Waals surface area contributed by atoms with Gasteiger partial charge >= 0.3 is 0 Å². The molecule has 0 aromatic heterocycles. The average Bonchev–Trinajstić information content (AvgIpc) is 2.54. The molecule has 5 heteroatoms. The van der Waals surface area contributed by atoms with Crippen LogP contribution >= 0.6 is 0 Å². The van der Waals surface area contributed by atoms with E-state index in [4.69, 9.17) is 4.74 Å². The molecule has 0 spiro atoms. The van der Waals surface area contributed by atoms with E-state index in [9.17, 15) is 14.3 Å². The molecule has 1 saturated heterocycles. The van der Waals surface area contributed by atoms with Crippen LogP contribution in [0.1, 0.15) is 31.2 Å². The fourth-order valence-electron chi connectivity index (χ4n) is 3.17. The van der Waals surface area contributed by atoms with Gasteiger partial charge in [-0.3, -0.25) is 4.79 Å². The largest absolute Gasteiger partial charge is 0.488 e. The summed E-state index contributed by atoms with van der Waals surface area (Å²) >= 11 is 0. The van der Waals surface area contributed by atoms with Crippen LogP contribution in [0, 0.1) is 5.82 Å². The first-order chi connectivity index (χ1) is 10.7. The number of aliphatic hydroxyl groups excluding tert-OH is 1. The number of piperidine rings is 1. The molecule has 0 bridgehead atoms. The van der Waals surface area contributed by atoms with Crippen LogP contribution in [0.4, 0.5) is 4.39 Å². The minimum Gasteiger partial charge on any atom is -0.488 e. The standard InChI is InChI=1S/C17H20FNO3/c18-14-4-5-16-12(10-14)9-13(11-22-16)17(21)19-7-2-1-3-15(19)6-8-20/h4-5,9-10,15,20H,1-3,6-8,11H2. The van der Waals surface area contributed by atoms with Gasteiger partial charge in [-0.15, -0.1) is 0 Å². The van der Waals surface area contributed by atoms with Crippen LogP contribution in [0.5, 0.6) is 5.75 Å². The van der Waals surface area contributed by atoms with Crippen LogP contribution in [0.25, 0.3) is 6.08 Å². The van der Waals surface area contributed by atoms with E-state index in [2.05, 4.69) is 0 Å². The van der Waals surface area contributed by atoms with Crippen LogP contribution in [0.3, 0.4) is 0 Å². The van der Waals surface area contributed by atoms with E-state index in [0.717, 1.165) is 19.3 Å². The number of amides is 1. The fourth-order valence-corrected chi connectivity index (χ4v) is 3.17. The topological polar surface area (TPSA) is 49.8 Å². The van der Waals surface area contributed by atoms with Crippen LogP contribution < -0.4 is 4.74 Å². The lowest BCUT2D eigenvalue weighted by Crippen LogP contribution is -2.45. The number of aliphatic hydroxyl groups is 1. The Morgan fingerprint density at radius 1 is 1.41 bits per heavy atom. The second-order valence-corrected chi connectivity index (χ2v) is 5.80. The van der Waals surface area contributed by atoms with Crippen molar-refractivity contribution in [3.8, 4) is 5.75 Å². The molecule has 1 amide bonds.